The second-order valence-corrected chi connectivity index (χ2v) is 8.19. The van der Waals surface area contributed by atoms with Crippen LogP contribution in [0.5, 0.6) is 5.75 Å². The van der Waals surface area contributed by atoms with Gasteiger partial charge in [0.15, 0.2) is 0 Å². The van der Waals surface area contributed by atoms with E-state index in [0.717, 1.165) is 44.7 Å². The summed E-state index contributed by atoms with van der Waals surface area (Å²) in [5, 5.41) is 3.01. The molecular formula is C25H32N2O3. The highest BCUT2D eigenvalue weighted by molar-refractivity contribution is 5.94. The lowest BCUT2D eigenvalue weighted by atomic mass is 10.1. The predicted octanol–water partition coefficient (Wildman–Crippen LogP) is 4.21. The van der Waals surface area contributed by atoms with E-state index in [1.165, 1.54) is 30.5 Å². The molecule has 2 aromatic rings. The van der Waals surface area contributed by atoms with Gasteiger partial charge in [0.1, 0.15) is 12.4 Å². The number of ether oxygens (including phenoxy) is 2. The van der Waals surface area contributed by atoms with Crippen LogP contribution in [0, 0.1) is 0 Å². The number of hydrogen-bond donors (Lipinski definition) is 1. The minimum Gasteiger partial charge on any atom is -0.491 e. The van der Waals surface area contributed by atoms with Gasteiger partial charge in [0.25, 0.3) is 5.91 Å². The number of nitrogens with one attached hydrogen (secondary N) is 1. The van der Waals surface area contributed by atoms with Gasteiger partial charge in [0, 0.05) is 37.5 Å². The minimum atomic E-state index is -0.0504. The van der Waals surface area contributed by atoms with E-state index in [2.05, 4.69) is 34.5 Å². The van der Waals surface area contributed by atoms with Crippen LogP contribution in [-0.2, 0) is 11.2 Å². The standard InChI is InChI=1S/C25H32N2O3/c28-25(21-8-12-23(13-9-21)30-19-24-5-4-18-29-24)26-15-14-20-6-10-22(11-7-20)27-16-2-1-3-17-27/h6-13,24H,1-5,14-19H2,(H,26,28)/t24-/m1/s1. The Labute approximate surface area is 179 Å². The number of benzene rings is 2. The minimum absolute atomic E-state index is 0.0504. The lowest BCUT2D eigenvalue weighted by Gasteiger charge is -2.28. The fraction of sp³-hybridized carbons (Fsp3) is 0.480. The third-order valence-corrected chi connectivity index (χ3v) is 5.93. The topological polar surface area (TPSA) is 50.8 Å². The molecule has 0 unspecified atom stereocenters. The van der Waals surface area contributed by atoms with E-state index in [-0.39, 0.29) is 12.0 Å². The molecule has 0 aliphatic carbocycles. The zero-order valence-corrected chi connectivity index (χ0v) is 17.6. The molecule has 2 heterocycles. The molecular weight excluding hydrogens is 376 g/mol. The quantitative estimate of drug-likeness (QED) is 0.711. The maximum Gasteiger partial charge on any atom is 0.251 e. The second kappa shape index (κ2) is 10.5. The van der Waals surface area contributed by atoms with Gasteiger partial charge in [-0.3, -0.25) is 4.79 Å². The number of carbonyl (C=O) groups excluding carboxylic acids is 1. The van der Waals surface area contributed by atoms with Crippen molar-refractivity contribution >= 4 is 11.6 Å². The van der Waals surface area contributed by atoms with Gasteiger partial charge in [-0.2, -0.15) is 0 Å². The zero-order chi connectivity index (χ0) is 20.6. The molecule has 1 N–H and O–H groups in total. The van der Waals surface area contributed by atoms with E-state index in [9.17, 15) is 4.79 Å². The van der Waals surface area contributed by atoms with Gasteiger partial charge in [-0.05, 0) is 80.5 Å². The summed E-state index contributed by atoms with van der Waals surface area (Å²) in [5.41, 5.74) is 3.21. The van der Waals surface area contributed by atoms with Gasteiger partial charge in [0.2, 0.25) is 0 Å². The molecule has 30 heavy (non-hydrogen) atoms. The summed E-state index contributed by atoms with van der Waals surface area (Å²) < 4.78 is 11.3. The summed E-state index contributed by atoms with van der Waals surface area (Å²) in [7, 11) is 0. The van der Waals surface area contributed by atoms with Crippen molar-refractivity contribution in [2.45, 2.75) is 44.6 Å². The third kappa shape index (κ3) is 5.76. The van der Waals surface area contributed by atoms with Crippen LogP contribution in [-0.4, -0.2) is 44.9 Å². The molecule has 1 amide bonds. The largest absolute Gasteiger partial charge is 0.491 e. The van der Waals surface area contributed by atoms with Gasteiger partial charge >= 0.3 is 0 Å². The lowest BCUT2D eigenvalue weighted by Crippen LogP contribution is -2.29. The molecule has 1 atom stereocenters. The van der Waals surface area contributed by atoms with Crippen molar-refractivity contribution in [1.82, 2.24) is 5.32 Å². The average Bonchev–Trinajstić information content (AvgIpc) is 3.33. The lowest BCUT2D eigenvalue weighted by molar-refractivity contribution is 0.0679. The predicted molar refractivity (Wildman–Crippen MR) is 119 cm³/mol. The maximum absolute atomic E-state index is 12.4. The molecule has 2 aliphatic rings. The first-order valence-electron chi connectivity index (χ1n) is 11.2. The average molecular weight is 409 g/mol. The first-order chi connectivity index (χ1) is 14.8. The number of nitrogens with zero attached hydrogens (tertiary/aromatic N) is 1. The Hall–Kier alpha value is -2.53. The number of rotatable bonds is 8. The molecule has 2 saturated heterocycles. The van der Waals surface area contributed by atoms with Crippen LogP contribution in [0.1, 0.15) is 48.0 Å². The molecule has 0 spiro atoms. The number of hydrogen-bond acceptors (Lipinski definition) is 4. The van der Waals surface area contributed by atoms with Crippen molar-refractivity contribution in [1.29, 1.82) is 0 Å². The number of anilines is 1. The van der Waals surface area contributed by atoms with E-state index in [1.807, 2.05) is 24.3 Å². The SMILES string of the molecule is O=C(NCCc1ccc(N2CCCCC2)cc1)c1ccc(OC[C@H]2CCCO2)cc1. The fourth-order valence-corrected chi connectivity index (χ4v) is 4.12. The summed E-state index contributed by atoms with van der Waals surface area (Å²) in [6, 6.07) is 16.1. The maximum atomic E-state index is 12.4. The normalized spacial score (nSPS) is 18.9. The summed E-state index contributed by atoms with van der Waals surface area (Å²) in [4.78, 5) is 14.9. The summed E-state index contributed by atoms with van der Waals surface area (Å²) in [6.07, 6.45) is 7.11. The van der Waals surface area contributed by atoms with E-state index in [1.54, 1.807) is 0 Å². The van der Waals surface area contributed by atoms with Crippen LogP contribution in [0.4, 0.5) is 5.69 Å². The van der Waals surface area contributed by atoms with E-state index >= 15 is 0 Å². The van der Waals surface area contributed by atoms with E-state index in [0.29, 0.717) is 18.7 Å². The summed E-state index contributed by atoms with van der Waals surface area (Å²) >= 11 is 0. The molecule has 0 saturated carbocycles. The van der Waals surface area contributed by atoms with Gasteiger partial charge in [-0.1, -0.05) is 12.1 Å². The van der Waals surface area contributed by atoms with Crippen molar-refractivity contribution in [3.8, 4) is 5.75 Å². The molecule has 0 radical (unpaired) electrons. The van der Waals surface area contributed by atoms with Crippen molar-refractivity contribution < 1.29 is 14.3 Å². The smallest absolute Gasteiger partial charge is 0.251 e. The van der Waals surface area contributed by atoms with Gasteiger partial charge in [-0.25, -0.2) is 0 Å². The monoisotopic (exact) mass is 408 g/mol. The van der Waals surface area contributed by atoms with Crippen molar-refractivity contribution in [3.63, 3.8) is 0 Å². The van der Waals surface area contributed by atoms with Crippen LogP contribution in [0.15, 0.2) is 48.5 Å². The van der Waals surface area contributed by atoms with Crippen LogP contribution in [0.3, 0.4) is 0 Å². The Morgan fingerprint density at radius 1 is 1.00 bits per heavy atom. The Morgan fingerprint density at radius 3 is 2.47 bits per heavy atom. The molecule has 0 bridgehead atoms. The van der Waals surface area contributed by atoms with Crippen molar-refractivity contribution in [2.75, 3.05) is 37.7 Å². The number of carbonyl (C=O) groups is 1. The Kier molecular flexibility index (Phi) is 7.25. The number of piperidine rings is 1. The molecule has 2 aliphatic heterocycles. The first kappa shape index (κ1) is 20.7. The van der Waals surface area contributed by atoms with Gasteiger partial charge in [-0.15, -0.1) is 0 Å². The fourth-order valence-electron chi connectivity index (χ4n) is 4.12. The zero-order valence-electron chi connectivity index (χ0n) is 17.6. The highest BCUT2D eigenvalue weighted by Crippen LogP contribution is 2.20. The van der Waals surface area contributed by atoms with Crippen molar-refractivity contribution in [3.05, 3.63) is 59.7 Å². The Balaban J connectivity index is 1.19. The highest BCUT2D eigenvalue weighted by atomic mass is 16.5. The molecule has 160 valence electrons. The molecule has 5 heteroatoms. The Morgan fingerprint density at radius 2 is 1.77 bits per heavy atom. The highest BCUT2D eigenvalue weighted by Gasteiger charge is 2.16. The van der Waals surface area contributed by atoms with Gasteiger partial charge in [0.05, 0.1) is 6.10 Å². The summed E-state index contributed by atoms with van der Waals surface area (Å²) in [6.45, 7) is 4.35. The van der Waals surface area contributed by atoms with E-state index < -0.39 is 0 Å². The van der Waals surface area contributed by atoms with Crippen LogP contribution in [0.2, 0.25) is 0 Å². The van der Waals surface area contributed by atoms with Crippen molar-refractivity contribution in [2.24, 2.45) is 0 Å². The third-order valence-electron chi connectivity index (χ3n) is 5.93. The molecule has 0 aromatic heterocycles. The first-order valence-corrected chi connectivity index (χ1v) is 11.2. The number of amides is 1. The van der Waals surface area contributed by atoms with E-state index in [4.69, 9.17) is 9.47 Å². The molecule has 5 nitrogen and oxygen atoms in total. The molecule has 4 rings (SSSR count). The molecule has 2 fully saturated rings. The van der Waals surface area contributed by atoms with Gasteiger partial charge < -0.3 is 19.7 Å². The van der Waals surface area contributed by atoms with Crippen LogP contribution in [0.25, 0.3) is 0 Å². The molecule has 2 aromatic carbocycles. The summed E-state index contributed by atoms with van der Waals surface area (Å²) in [5.74, 6) is 0.724. The Bertz CT molecular complexity index is 792. The van der Waals surface area contributed by atoms with Crippen LogP contribution < -0.4 is 15.0 Å². The second-order valence-electron chi connectivity index (χ2n) is 8.19. The van der Waals surface area contributed by atoms with Crippen LogP contribution >= 0.6 is 0 Å².